The highest BCUT2D eigenvalue weighted by atomic mass is 79.9. The van der Waals surface area contributed by atoms with Crippen molar-refractivity contribution in [3.8, 4) is 0 Å². The summed E-state index contributed by atoms with van der Waals surface area (Å²) in [7, 11) is 0. The van der Waals surface area contributed by atoms with Crippen molar-refractivity contribution in [1.29, 1.82) is 0 Å². The van der Waals surface area contributed by atoms with Gasteiger partial charge in [-0.1, -0.05) is 0 Å². The van der Waals surface area contributed by atoms with E-state index in [1.165, 1.54) is 12.8 Å². The maximum Gasteiger partial charge on any atom is 0.220 e. The van der Waals surface area contributed by atoms with Crippen LogP contribution in [0, 0.1) is 5.92 Å². The first-order chi connectivity index (χ1) is 8.72. The quantitative estimate of drug-likeness (QED) is 0.901. The molecule has 0 unspecified atom stereocenters. The van der Waals surface area contributed by atoms with Gasteiger partial charge in [-0.2, -0.15) is 0 Å². The minimum Gasteiger partial charge on any atom is -0.365 e. The predicted molar refractivity (Wildman–Crippen MR) is 73.2 cm³/mol. The molecule has 0 spiro atoms. The highest BCUT2D eigenvalue weighted by molar-refractivity contribution is 9.10. The molecule has 1 aromatic rings. The van der Waals surface area contributed by atoms with Crippen molar-refractivity contribution in [1.82, 2.24) is 10.3 Å². The summed E-state index contributed by atoms with van der Waals surface area (Å²) in [5.41, 5.74) is 0. The fourth-order valence-electron chi connectivity index (χ4n) is 2.54. The maximum absolute atomic E-state index is 11.5. The third-order valence-corrected chi connectivity index (χ3v) is 4.10. The van der Waals surface area contributed by atoms with E-state index in [0.717, 1.165) is 16.7 Å². The number of piperidine rings is 1. The standard InChI is InChI=1S/C13H16BrN3O/c14-9-3-5-11(15-7-9)16-10-4-6-12(18)17-13(10)8-1-2-8/h3,5,7-8,10,13H,1-2,4,6H2,(H,15,16)(H,17,18)/t10-,13+/m1/s1. The van der Waals surface area contributed by atoms with E-state index < -0.39 is 0 Å². The number of rotatable bonds is 3. The molecular formula is C13H16BrN3O. The van der Waals surface area contributed by atoms with Gasteiger partial charge in [0, 0.05) is 23.1 Å². The normalized spacial score (nSPS) is 27.7. The van der Waals surface area contributed by atoms with E-state index in [-0.39, 0.29) is 11.9 Å². The number of aromatic nitrogens is 1. The van der Waals surface area contributed by atoms with E-state index in [1.54, 1.807) is 6.20 Å². The summed E-state index contributed by atoms with van der Waals surface area (Å²) in [6, 6.07) is 4.52. The molecule has 96 valence electrons. The van der Waals surface area contributed by atoms with Crippen LogP contribution in [0.1, 0.15) is 25.7 Å². The zero-order chi connectivity index (χ0) is 12.5. The lowest BCUT2D eigenvalue weighted by atomic mass is 9.94. The Morgan fingerprint density at radius 1 is 1.33 bits per heavy atom. The van der Waals surface area contributed by atoms with Crippen LogP contribution in [0.15, 0.2) is 22.8 Å². The second-order valence-corrected chi connectivity index (χ2v) is 6.00. The van der Waals surface area contributed by atoms with E-state index in [0.29, 0.717) is 18.4 Å². The van der Waals surface area contributed by atoms with Crippen molar-refractivity contribution in [2.75, 3.05) is 5.32 Å². The summed E-state index contributed by atoms with van der Waals surface area (Å²) in [5, 5.41) is 6.57. The lowest BCUT2D eigenvalue weighted by Gasteiger charge is -2.33. The number of pyridine rings is 1. The topological polar surface area (TPSA) is 54.0 Å². The largest absolute Gasteiger partial charge is 0.365 e. The van der Waals surface area contributed by atoms with Crippen LogP contribution < -0.4 is 10.6 Å². The summed E-state index contributed by atoms with van der Waals surface area (Å²) in [6.45, 7) is 0. The van der Waals surface area contributed by atoms with E-state index in [1.807, 2.05) is 12.1 Å². The van der Waals surface area contributed by atoms with Crippen molar-refractivity contribution >= 4 is 27.7 Å². The SMILES string of the molecule is O=C1CC[C@@H](Nc2ccc(Br)cn2)[C@H](C2CC2)N1. The molecule has 1 aliphatic heterocycles. The van der Waals surface area contributed by atoms with Crippen molar-refractivity contribution in [3.05, 3.63) is 22.8 Å². The number of carbonyl (C=O) groups excluding carboxylic acids is 1. The van der Waals surface area contributed by atoms with E-state index in [4.69, 9.17) is 0 Å². The van der Waals surface area contributed by atoms with Crippen LogP contribution in [0.25, 0.3) is 0 Å². The van der Waals surface area contributed by atoms with Gasteiger partial charge in [-0.3, -0.25) is 4.79 Å². The van der Waals surface area contributed by atoms with Crippen molar-refractivity contribution in [2.24, 2.45) is 5.92 Å². The fourth-order valence-corrected chi connectivity index (χ4v) is 2.77. The van der Waals surface area contributed by atoms with Gasteiger partial charge in [0.05, 0.1) is 6.04 Å². The first kappa shape index (κ1) is 12.0. The average Bonchev–Trinajstić information content (AvgIpc) is 3.18. The molecule has 0 radical (unpaired) electrons. The molecule has 4 nitrogen and oxygen atoms in total. The lowest BCUT2D eigenvalue weighted by Crippen LogP contribution is -2.52. The average molecular weight is 310 g/mol. The van der Waals surface area contributed by atoms with Gasteiger partial charge in [0.2, 0.25) is 5.91 Å². The number of hydrogen-bond acceptors (Lipinski definition) is 3. The Balaban J connectivity index is 1.69. The third-order valence-electron chi connectivity index (χ3n) is 3.63. The van der Waals surface area contributed by atoms with Crippen LogP contribution in [-0.2, 0) is 4.79 Å². The summed E-state index contributed by atoms with van der Waals surface area (Å²) < 4.78 is 0.976. The molecule has 2 aliphatic rings. The first-order valence-electron chi connectivity index (χ1n) is 6.40. The Morgan fingerprint density at radius 2 is 2.17 bits per heavy atom. The minimum atomic E-state index is 0.189. The number of nitrogens with one attached hydrogen (secondary N) is 2. The molecule has 1 aliphatic carbocycles. The summed E-state index contributed by atoms with van der Waals surface area (Å²) in [6.07, 6.45) is 5.76. The number of amides is 1. The molecule has 2 N–H and O–H groups in total. The van der Waals surface area contributed by atoms with E-state index in [2.05, 4.69) is 31.5 Å². The van der Waals surface area contributed by atoms with Gasteiger partial charge in [-0.25, -0.2) is 4.98 Å². The van der Waals surface area contributed by atoms with Gasteiger partial charge in [-0.15, -0.1) is 0 Å². The highest BCUT2D eigenvalue weighted by Gasteiger charge is 2.40. The van der Waals surface area contributed by atoms with Crippen LogP contribution in [0.2, 0.25) is 0 Å². The zero-order valence-corrected chi connectivity index (χ0v) is 11.6. The Labute approximate surface area is 115 Å². The smallest absolute Gasteiger partial charge is 0.220 e. The van der Waals surface area contributed by atoms with Crippen LogP contribution in [0.3, 0.4) is 0 Å². The van der Waals surface area contributed by atoms with Crippen LogP contribution in [0.5, 0.6) is 0 Å². The molecular weight excluding hydrogens is 294 g/mol. The molecule has 2 heterocycles. The number of hydrogen-bond donors (Lipinski definition) is 2. The Bertz CT molecular complexity index is 444. The van der Waals surface area contributed by atoms with Gasteiger partial charge < -0.3 is 10.6 Å². The number of carbonyl (C=O) groups is 1. The lowest BCUT2D eigenvalue weighted by molar-refractivity contribution is -0.123. The first-order valence-corrected chi connectivity index (χ1v) is 7.19. The predicted octanol–water partition coefficient (Wildman–Crippen LogP) is 2.31. The molecule has 5 heteroatoms. The number of halogens is 1. The summed E-state index contributed by atoms with van der Waals surface area (Å²) in [4.78, 5) is 15.8. The van der Waals surface area contributed by atoms with Crippen LogP contribution in [-0.4, -0.2) is 23.0 Å². The fraction of sp³-hybridized carbons (Fsp3) is 0.538. The second-order valence-electron chi connectivity index (χ2n) is 5.08. The minimum absolute atomic E-state index is 0.189. The molecule has 0 bridgehead atoms. The monoisotopic (exact) mass is 309 g/mol. The van der Waals surface area contributed by atoms with Gasteiger partial charge in [0.25, 0.3) is 0 Å². The molecule has 2 atom stereocenters. The van der Waals surface area contributed by atoms with Crippen LogP contribution >= 0.6 is 15.9 Å². The molecule has 2 fully saturated rings. The third kappa shape index (κ3) is 2.66. The van der Waals surface area contributed by atoms with Crippen LogP contribution in [0.4, 0.5) is 5.82 Å². The molecule has 3 rings (SSSR count). The second kappa shape index (κ2) is 4.88. The molecule has 1 amide bonds. The van der Waals surface area contributed by atoms with Gasteiger partial charge in [0.1, 0.15) is 5.82 Å². The Morgan fingerprint density at radius 3 is 2.83 bits per heavy atom. The molecule has 18 heavy (non-hydrogen) atoms. The maximum atomic E-state index is 11.5. The zero-order valence-electron chi connectivity index (χ0n) is 10.0. The van der Waals surface area contributed by atoms with Crippen molar-refractivity contribution < 1.29 is 4.79 Å². The summed E-state index contributed by atoms with van der Waals surface area (Å²) in [5.74, 6) is 1.72. The number of anilines is 1. The highest BCUT2D eigenvalue weighted by Crippen LogP contribution is 2.36. The molecule has 0 aromatic carbocycles. The summed E-state index contributed by atoms with van der Waals surface area (Å²) >= 11 is 3.38. The number of nitrogens with zero attached hydrogens (tertiary/aromatic N) is 1. The molecule has 1 aromatic heterocycles. The van der Waals surface area contributed by atoms with E-state index in [9.17, 15) is 4.79 Å². The Kier molecular flexibility index (Phi) is 3.24. The van der Waals surface area contributed by atoms with Gasteiger partial charge in [0.15, 0.2) is 0 Å². The van der Waals surface area contributed by atoms with Crippen molar-refractivity contribution in [3.63, 3.8) is 0 Å². The molecule has 1 saturated heterocycles. The Hall–Kier alpha value is -1.10. The van der Waals surface area contributed by atoms with Gasteiger partial charge >= 0.3 is 0 Å². The van der Waals surface area contributed by atoms with Gasteiger partial charge in [-0.05, 0) is 53.2 Å². The van der Waals surface area contributed by atoms with Crippen molar-refractivity contribution in [2.45, 2.75) is 37.8 Å². The molecule has 1 saturated carbocycles. The van der Waals surface area contributed by atoms with E-state index >= 15 is 0 Å².